The molecule has 4 rings (SSSR count). The summed E-state index contributed by atoms with van der Waals surface area (Å²) >= 11 is 0. The van der Waals surface area contributed by atoms with Gasteiger partial charge in [-0.15, -0.1) is 0 Å². The predicted octanol–water partition coefficient (Wildman–Crippen LogP) is 1.76. The smallest absolute Gasteiger partial charge is 0.211 e. The van der Waals surface area contributed by atoms with Gasteiger partial charge in [0.15, 0.2) is 0 Å². The average molecular weight is 333 g/mol. The van der Waals surface area contributed by atoms with Crippen LogP contribution < -0.4 is 0 Å². The van der Waals surface area contributed by atoms with Gasteiger partial charge in [0.05, 0.1) is 24.3 Å². The fraction of sp³-hybridized carbons (Fsp3) is 0.467. The van der Waals surface area contributed by atoms with Crippen LogP contribution in [0.15, 0.2) is 24.8 Å². The summed E-state index contributed by atoms with van der Waals surface area (Å²) in [6.07, 6.45) is 7.58. The molecule has 1 aliphatic heterocycles. The largest absolute Gasteiger partial charge is 0.346 e. The minimum atomic E-state index is -3.13. The summed E-state index contributed by atoms with van der Waals surface area (Å²) in [5.41, 5.74) is 2.79. The molecular weight excluding hydrogens is 314 g/mol. The van der Waals surface area contributed by atoms with E-state index < -0.39 is 10.0 Å². The fourth-order valence-corrected chi connectivity index (χ4v) is 4.54. The van der Waals surface area contributed by atoms with Gasteiger partial charge in [-0.2, -0.15) is 0 Å². The molecule has 0 spiro atoms. The lowest BCUT2D eigenvalue weighted by Crippen LogP contribution is -2.42. The van der Waals surface area contributed by atoms with E-state index in [1.165, 1.54) is 6.26 Å². The molecule has 0 aromatic carbocycles. The van der Waals surface area contributed by atoms with E-state index in [1.54, 1.807) is 10.5 Å². The summed E-state index contributed by atoms with van der Waals surface area (Å²) in [4.78, 5) is 12.0. The first kappa shape index (κ1) is 14.6. The van der Waals surface area contributed by atoms with Crippen LogP contribution in [0.2, 0.25) is 0 Å². The number of H-pyrrole nitrogens is 1. The highest BCUT2D eigenvalue weighted by molar-refractivity contribution is 7.88. The van der Waals surface area contributed by atoms with Gasteiger partial charge in [-0.05, 0) is 18.4 Å². The molecule has 122 valence electrons. The Hall–Kier alpha value is -1.93. The van der Waals surface area contributed by atoms with Gasteiger partial charge in [-0.3, -0.25) is 0 Å². The summed E-state index contributed by atoms with van der Waals surface area (Å²) < 4.78 is 27.3. The number of sulfonamides is 1. The molecule has 1 aliphatic rings. The van der Waals surface area contributed by atoms with Gasteiger partial charge in [0.2, 0.25) is 10.0 Å². The van der Waals surface area contributed by atoms with E-state index in [2.05, 4.69) is 26.4 Å². The second-order valence-electron chi connectivity index (χ2n) is 6.34. The third kappa shape index (κ3) is 2.33. The molecule has 0 radical (unpaired) electrons. The molecule has 1 N–H and O–H groups in total. The zero-order chi connectivity index (χ0) is 16.2. The number of piperidine rings is 1. The lowest BCUT2D eigenvalue weighted by molar-refractivity contribution is 0.205. The standard InChI is InChI=1S/C15H19N5O2S/c1-10-8-19(23(2,21)22)6-4-13(10)20-9-18-12-7-17-15-11(14(12)20)3-5-16-15/h3,5,7,9-10,13H,4,6,8H2,1-2H3,(H,16,17). The SMILES string of the molecule is CC1CN(S(C)(=O)=O)CCC1n1cnc2cnc3[nH]ccc3c21. The second kappa shape index (κ2) is 5.04. The van der Waals surface area contributed by atoms with Gasteiger partial charge in [0, 0.05) is 30.7 Å². The monoisotopic (exact) mass is 333 g/mol. The zero-order valence-corrected chi connectivity index (χ0v) is 13.9. The van der Waals surface area contributed by atoms with Crippen molar-refractivity contribution in [2.75, 3.05) is 19.3 Å². The maximum absolute atomic E-state index is 11.8. The molecule has 7 nitrogen and oxygen atoms in total. The Morgan fingerprint density at radius 3 is 2.91 bits per heavy atom. The molecule has 3 aromatic heterocycles. The van der Waals surface area contributed by atoms with Gasteiger partial charge in [-0.25, -0.2) is 22.7 Å². The first-order valence-corrected chi connectivity index (χ1v) is 9.54. The van der Waals surface area contributed by atoms with Crippen molar-refractivity contribution in [2.24, 2.45) is 5.92 Å². The van der Waals surface area contributed by atoms with E-state index in [0.29, 0.717) is 13.1 Å². The Morgan fingerprint density at radius 2 is 2.17 bits per heavy atom. The number of pyridine rings is 1. The van der Waals surface area contributed by atoms with Crippen LogP contribution in [0, 0.1) is 5.92 Å². The molecular formula is C15H19N5O2S. The minimum absolute atomic E-state index is 0.220. The van der Waals surface area contributed by atoms with E-state index >= 15 is 0 Å². The fourth-order valence-electron chi connectivity index (χ4n) is 3.59. The first-order chi connectivity index (χ1) is 10.9. The zero-order valence-electron chi connectivity index (χ0n) is 13.1. The van der Waals surface area contributed by atoms with Crippen molar-refractivity contribution >= 4 is 32.1 Å². The number of aromatic amines is 1. The Bertz CT molecular complexity index is 974. The van der Waals surface area contributed by atoms with Crippen LogP contribution in [0.1, 0.15) is 19.4 Å². The van der Waals surface area contributed by atoms with Gasteiger partial charge in [0.25, 0.3) is 0 Å². The average Bonchev–Trinajstić information content (AvgIpc) is 3.11. The van der Waals surface area contributed by atoms with E-state index in [-0.39, 0.29) is 12.0 Å². The molecule has 8 heteroatoms. The maximum Gasteiger partial charge on any atom is 0.211 e. The van der Waals surface area contributed by atoms with Crippen LogP contribution in [0.5, 0.6) is 0 Å². The molecule has 3 aromatic rings. The second-order valence-corrected chi connectivity index (χ2v) is 8.32. The van der Waals surface area contributed by atoms with Crippen molar-refractivity contribution in [3.05, 3.63) is 24.8 Å². The van der Waals surface area contributed by atoms with Gasteiger partial charge < -0.3 is 9.55 Å². The first-order valence-electron chi connectivity index (χ1n) is 7.69. The van der Waals surface area contributed by atoms with E-state index in [4.69, 9.17) is 0 Å². The number of aromatic nitrogens is 4. The van der Waals surface area contributed by atoms with Gasteiger partial charge in [-0.1, -0.05) is 6.92 Å². The third-order valence-corrected chi connectivity index (χ3v) is 6.04. The van der Waals surface area contributed by atoms with Crippen molar-refractivity contribution in [1.82, 2.24) is 23.8 Å². The number of imidazole rings is 1. The number of hydrogen-bond donors (Lipinski definition) is 1. The maximum atomic E-state index is 11.8. The molecule has 2 atom stereocenters. The number of nitrogens with zero attached hydrogens (tertiary/aromatic N) is 4. The summed E-state index contributed by atoms with van der Waals surface area (Å²) in [6.45, 7) is 3.20. The van der Waals surface area contributed by atoms with E-state index in [0.717, 1.165) is 28.5 Å². The Kier molecular flexibility index (Phi) is 3.21. The minimum Gasteiger partial charge on any atom is -0.346 e. The topological polar surface area (TPSA) is 83.9 Å². The highest BCUT2D eigenvalue weighted by atomic mass is 32.2. The number of hydrogen-bond acceptors (Lipinski definition) is 4. The number of fused-ring (bicyclic) bond motifs is 3. The molecule has 0 aliphatic carbocycles. The lowest BCUT2D eigenvalue weighted by Gasteiger charge is -2.36. The Balaban J connectivity index is 1.77. The molecule has 0 saturated carbocycles. The summed E-state index contributed by atoms with van der Waals surface area (Å²) in [5.74, 6) is 0.220. The normalized spacial score (nSPS) is 23.7. The van der Waals surface area contributed by atoms with Crippen LogP contribution in [-0.2, 0) is 10.0 Å². The Labute approximate surface area is 134 Å². The lowest BCUT2D eigenvalue weighted by atomic mass is 9.95. The van der Waals surface area contributed by atoms with Gasteiger partial charge >= 0.3 is 0 Å². The molecule has 23 heavy (non-hydrogen) atoms. The van der Waals surface area contributed by atoms with Crippen LogP contribution >= 0.6 is 0 Å². The van der Waals surface area contributed by atoms with Crippen LogP contribution in [-0.4, -0.2) is 51.6 Å². The quantitative estimate of drug-likeness (QED) is 0.774. The predicted molar refractivity (Wildman–Crippen MR) is 88.6 cm³/mol. The molecule has 2 unspecified atom stereocenters. The molecule has 0 bridgehead atoms. The van der Waals surface area contributed by atoms with E-state index in [1.807, 2.05) is 18.6 Å². The number of rotatable bonds is 2. The summed E-state index contributed by atoms with van der Waals surface area (Å²) in [7, 11) is -3.13. The third-order valence-electron chi connectivity index (χ3n) is 4.77. The van der Waals surface area contributed by atoms with Crippen LogP contribution in [0.25, 0.3) is 22.1 Å². The molecule has 1 saturated heterocycles. The van der Waals surface area contributed by atoms with Crippen LogP contribution in [0.4, 0.5) is 0 Å². The van der Waals surface area contributed by atoms with Gasteiger partial charge in [0.1, 0.15) is 11.2 Å². The Morgan fingerprint density at radius 1 is 1.35 bits per heavy atom. The summed E-state index contributed by atoms with van der Waals surface area (Å²) in [5, 5.41) is 1.05. The van der Waals surface area contributed by atoms with Crippen molar-refractivity contribution in [2.45, 2.75) is 19.4 Å². The molecule has 4 heterocycles. The van der Waals surface area contributed by atoms with Crippen molar-refractivity contribution in [3.63, 3.8) is 0 Å². The molecule has 0 amide bonds. The number of nitrogens with one attached hydrogen (secondary N) is 1. The van der Waals surface area contributed by atoms with Crippen molar-refractivity contribution in [1.29, 1.82) is 0 Å². The highest BCUT2D eigenvalue weighted by Gasteiger charge is 2.32. The van der Waals surface area contributed by atoms with E-state index in [9.17, 15) is 8.42 Å². The van der Waals surface area contributed by atoms with Crippen molar-refractivity contribution in [3.8, 4) is 0 Å². The highest BCUT2D eigenvalue weighted by Crippen LogP contribution is 2.33. The van der Waals surface area contributed by atoms with Crippen molar-refractivity contribution < 1.29 is 8.42 Å². The molecule has 1 fully saturated rings. The summed E-state index contributed by atoms with van der Waals surface area (Å²) in [6, 6.07) is 2.25. The van der Waals surface area contributed by atoms with Crippen LogP contribution in [0.3, 0.4) is 0 Å².